The number of hydrogen-bond acceptors (Lipinski definition) is 10. The lowest BCUT2D eigenvalue weighted by molar-refractivity contribution is -0.146. The number of carbonyl (C=O) groups is 6. The molecule has 2 aliphatic rings. The molecule has 0 aromatic carbocycles. The van der Waals surface area contributed by atoms with Crippen LogP contribution in [0.2, 0.25) is 0 Å². The normalized spacial score (nSPS) is 21.2. The predicted octanol–water partition coefficient (Wildman–Crippen LogP) is 0.224. The molecule has 31 heavy (non-hydrogen) atoms. The van der Waals surface area contributed by atoms with E-state index in [0.717, 1.165) is 9.80 Å². The van der Waals surface area contributed by atoms with Crippen molar-refractivity contribution in [3.8, 4) is 0 Å². The Morgan fingerprint density at radius 1 is 0.806 bits per heavy atom. The highest BCUT2D eigenvalue weighted by Gasteiger charge is 2.38. The van der Waals surface area contributed by atoms with Crippen molar-refractivity contribution in [2.45, 2.75) is 42.6 Å². The summed E-state index contributed by atoms with van der Waals surface area (Å²) in [6.45, 7) is 0.0433. The number of nitrogens with zero attached hydrogens (tertiary/aromatic N) is 2. The summed E-state index contributed by atoms with van der Waals surface area (Å²) in [7, 11) is 0. The van der Waals surface area contributed by atoms with Gasteiger partial charge >= 0.3 is 11.9 Å². The van der Waals surface area contributed by atoms with Gasteiger partial charge in [-0.25, -0.2) is 0 Å². The van der Waals surface area contributed by atoms with E-state index in [1.165, 1.54) is 23.5 Å². The van der Waals surface area contributed by atoms with Crippen LogP contribution in [0.1, 0.15) is 32.1 Å². The summed E-state index contributed by atoms with van der Waals surface area (Å²) in [4.78, 5) is 73.2. The molecule has 0 radical (unpaired) electrons. The second kappa shape index (κ2) is 12.1. The molecule has 4 amide bonds. The van der Waals surface area contributed by atoms with Gasteiger partial charge in [-0.1, -0.05) is 0 Å². The summed E-state index contributed by atoms with van der Waals surface area (Å²) in [5, 5.41) is -0.765. The van der Waals surface area contributed by atoms with Crippen molar-refractivity contribution < 1.29 is 38.2 Å². The summed E-state index contributed by atoms with van der Waals surface area (Å²) in [6, 6.07) is 0. The molecule has 10 nitrogen and oxygen atoms in total. The van der Waals surface area contributed by atoms with E-state index in [1.54, 1.807) is 12.5 Å². The largest absolute Gasteiger partial charge is 0.465 e. The molecule has 2 fully saturated rings. The lowest BCUT2D eigenvalue weighted by atomic mass is 10.4. The van der Waals surface area contributed by atoms with Crippen molar-refractivity contribution in [3.63, 3.8) is 0 Å². The van der Waals surface area contributed by atoms with Crippen molar-refractivity contribution in [1.29, 1.82) is 0 Å². The predicted molar refractivity (Wildman–Crippen MR) is 113 cm³/mol. The van der Waals surface area contributed by atoms with Gasteiger partial charge in [0.05, 0.1) is 36.6 Å². The molecule has 0 N–H and O–H groups in total. The Balaban J connectivity index is 1.54. The molecule has 2 rings (SSSR count). The third-order valence-electron chi connectivity index (χ3n) is 4.87. The van der Waals surface area contributed by atoms with Crippen LogP contribution in [0.5, 0.6) is 0 Å². The molecule has 0 spiro atoms. The first kappa shape index (κ1) is 25.2. The minimum Gasteiger partial charge on any atom is -0.465 e. The molecule has 2 saturated heterocycles. The van der Waals surface area contributed by atoms with Gasteiger partial charge in [0, 0.05) is 32.4 Å². The average molecular weight is 475 g/mol. The zero-order valence-electron chi connectivity index (χ0n) is 17.5. The number of likely N-dealkylation sites (tertiary alicyclic amines) is 2. The Hall–Kier alpha value is -2.08. The lowest BCUT2D eigenvalue weighted by Gasteiger charge is -2.14. The average Bonchev–Trinajstić information content (AvgIpc) is 3.18. The third-order valence-corrected chi connectivity index (χ3v) is 6.74. The van der Waals surface area contributed by atoms with Crippen molar-refractivity contribution in [2.24, 2.45) is 0 Å². The smallest absolute Gasteiger partial charge is 0.307 e. The van der Waals surface area contributed by atoms with Gasteiger partial charge in [0.25, 0.3) is 0 Å². The Morgan fingerprint density at radius 2 is 1.19 bits per heavy atom. The van der Waals surface area contributed by atoms with Crippen LogP contribution in [0.25, 0.3) is 0 Å². The van der Waals surface area contributed by atoms with Crippen LogP contribution in [-0.4, -0.2) is 94.7 Å². The highest BCUT2D eigenvalue weighted by molar-refractivity contribution is 8.00. The van der Waals surface area contributed by atoms with E-state index in [4.69, 9.17) is 9.47 Å². The zero-order chi connectivity index (χ0) is 23.0. The Labute approximate surface area is 188 Å². The highest BCUT2D eigenvalue weighted by atomic mass is 32.2. The van der Waals surface area contributed by atoms with E-state index in [-0.39, 0.29) is 92.5 Å². The quantitative estimate of drug-likeness (QED) is 0.220. The Kier molecular flexibility index (Phi) is 9.82. The number of hydrogen-bond donors (Lipinski definition) is 0. The molecule has 172 valence electrons. The van der Waals surface area contributed by atoms with Gasteiger partial charge in [-0.15, -0.1) is 0 Å². The summed E-state index contributed by atoms with van der Waals surface area (Å²) in [5.41, 5.74) is 0. The fourth-order valence-electron chi connectivity index (χ4n) is 3.13. The number of carbonyl (C=O) groups excluding carboxylic acids is 6. The zero-order valence-corrected chi connectivity index (χ0v) is 19.1. The van der Waals surface area contributed by atoms with Gasteiger partial charge in [0.15, 0.2) is 0 Å². The van der Waals surface area contributed by atoms with Gasteiger partial charge in [-0.3, -0.25) is 38.6 Å². The summed E-state index contributed by atoms with van der Waals surface area (Å²) >= 11 is 2.62. The molecule has 2 aliphatic heterocycles. The van der Waals surface area contributed by atoms with Crippen molar-refractivity contribution >= 4 is 59.1 Å². The van der Waals surface area contributed by atoms with E-state index in [0.29, 0.717) is 0 Å². The van der Waals surface area contributed by atoms with Gasteiger partial charge in [-0.05, 0) is 12.5 Å². The SMILES string of the molecule is CSC1CC(=O)N(CCC(=O)OCCCOC(=O)CCN2C(=O)CC(SC)C2=O)C1=O. The second-order valence-corrected chi connectivity index (χ2v) is 9.00. The second-order valence-electron chi connectivity index (χ2n) is 6.92. The van der Waals surface area contributed by atoms with Crippen molar-refractivity contribution in [1.82, 2.24) is 9.80 Å². The molecule has 0 aliphatic carbocycles. The molecule has 12 heteroatoms. The summed E-state index contributed by atoms with van der Waals surface area (Å²) in [5.74, 6) is -2.23. The first-order valence-corrected chi connectivity index (χ1v) is 12.4. The minimum absolute atomic E-state index is 0.00607. The van der Waals surface area contributed by atoms with Crippen molar-refractivity contribution in [3.05, 3.63) is 0 Å². The number of imide groups is 2. The topological polar surface area (TPSA) is 127 Å². The standard InChI is InChI=1S/C19H26N2O8S2/c1-30-12-10-14(22)20(18(12)26)6-4-16(24)28-8-3-9-29-17(25)5-7-21-15(23)11-13(31-2)19(21)27/h12-13H,3-11H2,1-2H3. The van der Waals surface area contributed by atoms with Crippen LogP contribution in [0, 0.1) is 0 Å². The maximum Gasteiger partial charge on any atom is 0.307 e. The van der Waals surface area contributed by atoms with Crippen LogP contribution >= 0.6 is 23.5 Å². The number of amides is 4. The van der Waals surface area contributed by atoms with Crippen LogP contribution in [0.15, 0.2) is 0 Å². The molecule has 2 heterocycles. The van der Waals surface area contributed by atoms with Gasteiger partial charge in [0.1, 0.15) is 0 Å². The number of esters is 2. The lowest BCUT2D eigenvalue weighted by Crippen LogP contribution is -2.33. The molecule has 0 saturated carbocycles. The van der Waals surface area contributed by atoms with Gasteiger partial charge in [-0.2, -0.15) is 23.5 Å². The number of thioether (sulfide) groups is 2. The van der Waals surface area contributed by atoms with E-state index in [9.17, 15) is 28.8 Å². The molecule has 0 aromatic rings. The first-order valence-electron chi connectivity index (χ1n) is 9.83. The van der Waals surface area contributed by atoms with Gasteiger partial charge in [0.2, 0.25) is 23.6 Å². The molecule has 2 atom stereocenters. The van der Waals surface area contributed by atoms with E-state index < -0.39 is 11.9 Å². The highest BCUT2D eigenvalue weighted by Crippen LogP contribution is 2.24. The fourth-order valence-corrected chi connectivity index (χ4v) is 4.40. The Morgan fingerprint density at radius 3 is 1.52 bits per heavy atom. The van der Waals surface area contributed by atoms with E-state index >= 15 is 0 Å². The first-order chi connectivity index (χ1) is 14.8. The fraction of sp³-hybridized carbons (Fsp3) is 0.684. The van der Waals surface area contributed by atoms with Crippen LogP contribution in [0.4, 0.5) is 0 Å². The number of rotatable bonds is 12. The molecular formula is C19H26N2O8S2. The van der Waals surface area contributed by atoms with Crippen LogP contribution in [0.3, 0.4) is 0 Å². The van der Waals surface area contributed by atoms with Crippen molar-refractivity contribution in [2.75, 3.05) is 38.8 Å². The molecular weight excluding hydrogens is 448 g/mol. The Bertz CT molecular complexity index is 684. The van der Waals surface area contributed by atoms with Gasteiger partial charge < -0.3 is 9.47 Å². The molecule has 2 unspecified atom stereocenters. The minimum atomic E-state index is -0.547. The third kappa shape index (κ3) is 6.96. The van der Waals surface area contributed by atoms with E-state index in [2.05, 4.69) is 0 Å². The maximum atomic E-state index is 12.0. The van der Waals surface area contributed by atoms with Crippen LogP contribution < -0.4 is 0 Å². The monoisotopic (exact) mass is 474 g/mol. The summed E-state index contributed by atoms with van der Waals surface area (Å²) in [6.07, 6.45) is 3.92. The molecule has 0 bridgehead atoms. The molecule has 0 aromatic heterocycles. The number of ether oxygens (including phenoxy) is 2. The summed E-state index contributed by atoms with van der Waals surface area (Å²) < 4.78 is 10.0. The van der Waals surface area contributed by atoms with E-state index in [1.807, 2.05) is 0 Å². The maximum absolute atomic E-state index is 12.0. The van der Waals surface area contributed by atoms with Crippen LogP contribution in [-0.2, 0) is 38.2 Å².